The summed E-state index contributed by atoms with van der Waals surface area (Å²) in [6.45, 7) is 1.94. The molecule has 0 heterocycles. The molecule has 0 saturated heterocycles. The topological polar surface area (TPSA) is 23.5 Å². The van der Waals surface area contributed by atoms with E-state index in [1.54, 1.807) is 6.07 Å². The maximum Gasteiger partial charge on any atom is 0.123 e. The molecule has 0 aliphatic carbocycles. The zero-order valence-corrected chi connectivity index (χ0v) is 12.8. The molecule has 1 atom stereocenters. The van der Waals surface area contributed by atoms with Gasteiger partial charge in [0.2, 0.25) is 0 Å². The van der Waals surface area contributed by atoms with Gasteiger partial charge in [-0.05, 0) is 41.8 Å². The van der Waals surface area contributed by atoms with Crippen molar-refractivity contribution in [3.05, 3.63) is 65.5 Å². The van der Waals surface area contributed by atoms with E-state index in [9.17, 15) is 9.50 Å². The molecular weight excluding hydrogens is 265 g/mol. The summed E-state index contributed by atoms with van der Waals surface area (Å²) >= 11 is 0. The molecule has 0 aromatic heterocycles. The SMILES string of the molecule is CN(C)c1ccc(CC(C)(CO)c2cccc(F)c2)cc1. The molecular formula is C18H22FNO. The fourth-order valence-electron chi connectivity index (χ4n) is 2.48. The van der Waals surface area contributed by atoms with Crippen molar-refractivity contribution in [2.45, 2.75) is 18.8 Å². The predicted molar refractivity (Wildman–Crippen MR) is 85.3 cm³/mol. The van der Waals surface area contributed by atoms with E-state index < -0.39 is 5.41 Å². The molecule has 21 heavy (non-hydrogen) atoms. The molecule has 0 radical (unpaired) electrons. The molecule has 0 amide bonds. The smallest absolute Gasteiger partial charge is 0.123 e. The maximum absolute atomic E-state index is 13.4. The van der Waals surface area contributed by atoms with E-state index in [1.807, 2.05) is 32.0 Å². The third-order valence-electron chi connectivity index (χ3n) is 3.92. The monoisotopic (exact) mass is 287 g/mol. The van der Waals surface area contributed by atoms with Crippen LogP contribution in [0.2, 0.25) is 0 Å². The minimum absolute atomic E-state index is 0.0219. The first-order valence-corrected chi connectivity index (χ1v) is 7.08. The van der Waals surface area contributed by atoms with Crippen LogP contribution in [0, 0.1) is 5.82 Å². The van der Waals surface area contributed by atoms with Crippen LogP contribution in [0.15, 0.2) is 48.5 Å². The Labute approximate surface area is 125 Å². The molecule has 3 heteroatoms. The van der Waals surface area contributed by atoms with Crippen LogP contribution in [0.1, 0.15) is 18.1 Å². The van der Waals surface area contributed by atoms with Crippen molar-refractivity contribution in [2.24, 2.45) is 0 Å². The molecule has 0 aliphatic rings. The minimum Gasteiger partial charge on any atom is -0.395 e. The highest BCUT2D eigenvalue weighted by Gasteiger charge is 2.26. The summed E-state index contributed by atoms with van der Waals surface area (Å²) in [7, 11) is 4.00. The molecule has 1 N–H and O–H groups in total. The van der Waals surface area contributed by atoms with Crippen LogP contribution < -0.4 is 4.90 Å². The second-order valence-corrected chi connectivity index (χ2v) is 5.97. The van der Waals surface area contributed by atoms with Gasteiger partial charge < -0.3 is 10.0 Å². The molecule has 0 saturated carbocycles. The summed E-state index contributed by atoms with van der Waals surface area (Å²) in [6.07, 6.45) is 0.667. The maximum atomic E-state index is 13.4. The zero-order valence-electron chi connectivity index (χ0n) is 12.8. The van der Waals surface area contributed by atoms with Crippen LogP contribution in [0.3, 0.4) is 0 Å². The number of rotatable bonds is 5. The van der Waals surface area contributed by atoms with Gasteiger partial charge >= 0.3 is 0 Å². The van der Waals surface area contributed by atoms with Crippen LogP contribution in [-0.4, -0.2) is 25.8 Å². The summed E-state index contributed by atoms with van der Waals surface area (Å²) in [5, 5.41) is 9.80. The summed E-state index contributed by atoms with van der Waals surface area (Å²) in [4.78, 5) is 2.04. The first-order chi connectivity index (χ1) is 9.94. The summed E-state index contributed by atoms with van der Waals surface area (Å²) in [6, 6.07) is 14.7. The number of nitrogens with zero attached hydrogens (tertiary/aromatic N) is 1. The lowest BCUT2D eigenvalue weighted by Gasteiger charge is -2.28. The van der Waals surface area contributed by atoms with Gasteiger partial charge in [-0.3, -0.25) is 0 Å². The number of hydrogen-bond donors (Lipinski definition) is 1. The molecule has 1 unspecified atom stereocenters. The second-order valence-electron chi connectivity index (χ2n) is 5.97. The normalized spacial score (nSPS) is 13.8. The third-order valence-corrected chi connectivity index (χ3v) is 3.92. The van der Waals surface area contributed by atoms with Gasteiger partial charge in [-0.2, -0.15) is 0 Å². The summed E-state index contributed by atoms with van der Waals surface area (Å²) in [5.41, 5.74) is 2.60. The van der Waals surface area contributed by atoms with E-state index >= 15 is 0 Å². The molecule has 0 bridgehead atoms. The molecule has 2 nitrogen and oxygen atoms in total. The van der Waals surface area contributed by atoms with E-state index in [1.165, 1.54) is 12.1 Å². The van der Waals surface area contributed by atoms with Crippen molar-refractivity contribution in [1.82, 2.24) is 0 Å². The number of benzene rings is 2. The van der Waals surface area contributed by atoms with Gasteiger partial charge in [0.25, 0.3) is 0 Å². The Bertz CT molecular complexity index is 594. The molecule has 0 aliphatic heterocycles. The van der Waals surface area contributed by atoms with E-state index in [2.05, 4.69) is 24.3 Å². The van der Waals surface area contributed by atoms with Gasteiger partial charge in [0.1, 0.15) is 5.82 Å². The highest BCUT2D eigenvalue weighted by atomic mass is 19.1. The van der Waals surface area contributed by atoms with E-state index in [0.717, 1.165) is 16.8 Å². The van der Waals surface area contributed by atoms with Crippen molar-refractivity contribution in [2.75, 3.05) is 25.6 Å². The molecule has 2 aromatic rings. The van der Waals surface area contributed by atoms with E-state index in [-0.39, 0.29) is 12.4 Å². The molecule has 0 spiro atoms. The van der Waals surface area contributed by atoms with Crippen molar-refractivity contribution in [3.63, 3.8) is 0 Å². The van der Waals surface area contributed by atoms with Crippen molar-refractivity contribution >= 4 is 5.69 Å². The fourth-order valence-corrected chi connectivity index (χ4v) is 2.48. The number of anilines is 1. The number of halogens is 1. The average Bonchev–Trinajstić information content (AvgIpc) is 2.47. The summed E-state index contributed by atoms with van der Waals surface area (Å²) < 4.78 is 13.4. The Morgan fingerprint density at radius 1 is 1.10 bits per heavy atom. The van der Waals surface area contributed by atoms with E-state index in [4.69, 9.17) is 0 Å². The summed E-state index contributed by atoms with van der Waals surface area (Å²) in [5.74, 6) is -0.268. The quantitative estimate of drug-likeness (QED) is 0.911. The van der Waals surface area contributed by atoms with Crippen LogP contribution in [0.4, 0.5) is 10.1 Å². The molecule has 0 fully saturated rings. The van der Waals surface area contributed by atoms with Gasteiger partial charge in [0.15, 0.2) is 0 Å². The van der Waals surface area contributed by atoms with Gasteiger partial charge in [-0.1, -0.05) is 31.2 Å². The fraction of sp³-hybridized carbons (Fsp3) is 0.333. The molecule has 2 rings (SSSR count). The van der Waals surface area contributed by atoms with Gasteiger partial charge in [-0.15, -0.1) is 0 Å². The lowest BCUT2D eigenvalue weighted by Crippen LogP contribution is -2.29. The highest BCUT2D eigenvalue weighted by molar-refractivity contribution is 5.46. The third kappa shape index (κ3) is 3.61. The Balaban J connectivity index is 2.25. The first kappa shape index (κ1) is 15.5. The minimum atomic E-state index is -0.484. The predicted octanol–water partition coefficient (Wildman–Crippen LogP) is 3.38. The van der Waals surface area contributed by atoms with Crippen LogP contribution in [0.5, 0.6) is 0 Å². The lowest BCUT2D eigenvalue weighted by atomic mass is 9.78. The highest BCUT2D eigenvalue weighted by Crippen LogP contribution is 2.29. The van der Waals surface area contributed by atoms with Gasteiger partial charge in [0.05, 0.1) is 6.61 Å². The Morgan fingerprint density at radius 2 is 1.76 bits per heavy atom. The lowest BCUT2D eigenvalue weighted by molar-refractivity contribution is 0.204. The second kappa shape index (κ2) is 6.27. The zero-order chi connectivity index (χ0) is 15.5. The number of aliphatic hydroxyl groups excluding tert-OH is 1. The van der Waals surface area contributed by atoms with Crippen molar-refractivity contribution < 1.29 is 9.50 Å². The van der Waals surface area contributed by atoms with Crippen LogP contribution in [0.25, 0.3) is 0 Å². The Morgan fingerprint density at radius 3 is 2.29 bits per heavy atom. The number of hydrogen-bond acceptors (Lipinski definition) is 2. The van der Waals surface area contributed by atoms with Crippen LogP contribution in [-0.2, 0) is 11.8 Å². The largest absolute Gasteiger partial charge is 0.395 e. The van der Waals surface area contributed by atoms with Crippen molar-refractivity contribution in [1.29, 1.82) is 0 Å². The Kier molecular flexibility index (Phi) is 4.63. The Hall–Kier alpha value is -1.87. The van der Waals surface area contributed by atoms with E-state index in [0.29, 0.717) is 6.42 Å². The number of aliphatic hydroxyl groups is 1. The van der Waals surface area contributed by atoms with Crippen LogP contribution >= 0.6 is 0 Å². The molecule has 112 valence electrons. The van der Waals surface area contributed by atoms with Crippen molar-refractivity contribution in [3.8, 4) is 0 Å². The van der Waals surface area contributed by atoms with Gasteiger partial charge in [-0.25, -0.2) is 4.39 Å². The van der Waals surface area contributed by atoms with Gasteiger partial charge in [0, 0.05) is 25.2 Å². The standard InChI is InChI=1S/C18H22FNO/c1-18(13-21,15-5-4-6-16(19)11-15)12-14-7-9-17(10-8-14)20(2)3/h4-11,21H,12-13H2,1-3H3. The molecule has 2 aromatic carbocycles. The first-order valence-electron chi connectivity index (χ1n) is 7.08. The average molecular weight is 287 g/mol.